The summed E-state index contributed by atoms with van der Waals surface area (Å²) in [5.41, 5.74) is 0.668. The van der Waals surface area contributed by atoms with Crippen LogP contribution in [-0.4, -0.2) is 33.0 Å². The van der Waals surface area contributed by atoms with Gasteiger partial charge in [0, 0.05) is 17.7 Å². The van der Waals surface area contributed by atoms with Crippen molar-refractivity contribution in [1.29, 1.82) is 0 Å². The van der Waals surface area contributed by atoms with E-state index < -0.39 is 0 Å². The van der Waals surface area contributed by atoms with Crippen LogP contribution in [0.5, 0.6) is 28.7 Å². The topological polar surface area (TPSA) is 83.1 Å². The highest BCUT2D eigenvalue weighted by Crippen LogP contribution is 2.42. The number of carbonyl (C=O) groups excluding carboxylic acids is 2. The second-order valence-electron chi connectivity index (χ2n) is 5.32. The molecule has 1 aliphatic rings. The fourth-order valence-corrected chi connectivity index (χ4v) is 2.54. The number of Topliss-reactive ketones (excluding diaryl/α,β-unsaturated/α-hetero) is 1. The molecule has 0 fully saturated rings. The minimum atomic E-state index is -0.380. The normalized spacial score (nSPS) is 12.9. The summed E-state index contributed by atoms with van der Waals surface area (Å²) in [6.45, 7) is 0. The Labute approximate surface area is 144 Å². The van der Waals surface area contributed by atoms with E-state index in [-0.39, 0.29) is 18.1 Å². The SMILES string of the molecule is COc1ccc(Oc2cc(OC)cc3c2NC(=O)CC3=O)c(OC)c1. The summed E-state index contributed by atoms with van der Waals surface area (Å²) in [6.07, 6.45) is -0.203. The van der Waals surface area contributed by atoms with Crippen molar-refractivity contribution in [2.75, 3.05) is 26.6 Å². The standard InChI is InChI=1S/C18H17NO6/c1-22-10-4-5-14(15(7-10)24-3)25-16-8-11(23-2)6-12-13(20)9-17(21)19-18(12)16/h4-8H,9H2,1-3H3,(H,19,21). The Bertz CT molecular complexity index is 846. The molecule has 0 unspecified atom stereocenters. The summed E-state index contributed by atoms with van der Waals surface area (Å²) >= 11 is 0. The van der Waals surface area contributed by atoms with E-state index in [1.54, 1.807) is 37.4 Å². The number of fused-ring (bicyclic) bond motifs is 1. The smallest absolute Gasteiger partial charge is 0.232 e. The van der Waals surface area contributed by atoms with Crippen molar-refractivity contribution in [2.24, 2.45) is 0 Å². The molecule has 0 saturated carbocycles. The number of rotatable bonds is 5. The van der Waals surface area contributed by atoms with Crippen LogP contribution in [0, 0.1) is 0 Å². The number of benzene rings is 2. The van der Waals surface area contributed by atoms with Gasteiger partial charge >= 0.3 is 0 Å². The van der Waals surface area contributed by atoms with E-state index in [0.717, 1.165) is 0 Å². The maximum absolute atomic E-state index is 12.2. The van der Waals surface area contributed by atoms with Gasteiger partial charge in [-0.15, -0.1) is 0 Å². The number of carbonyl (C=O) groups is 2. The molecule has 3 rings (SSSR count). The molecule has 0 bridgehead atoms. The molecule has 1 amide bonds. The zero-order valence-electron chi connectivity index (χ0n) is 14.0. The predicted octanol–water partition coefficient (Wildman–Crippen LogP) is 3.03. The summed E-state index contributed by atoms with van der Waals surface area (Å²) in [5.74, 6) is 1.54. The van der Waals surface area contributed by atoms with Gasteiger partial charge < -0.3 is 24.3 Å². The van der Waals surface area contributed by atoms with Crippen LogP contribution in [0.4, 0.5) is 5.69 Å². The molecule has 0 saturated heterocycles. The number of hydrogen-bond donors (Lipinski definition) is 1. The van der Waals surface area contributed by atoms with Gasteiger partial charge in [0.1, 0.15) is 11.5 Å². The molecule has 1 aliphatic heterocycles. The van der Waals surface area contributed by atoms with Crippen molar-refractivity contribution in [1.82, 2.24) is 0 Å². The maximum Gasteiger partial charge on any atom is 0.232 e. The quantitative estimate of drug-likeness (QED) is 0.840. The van der Waals surface area contributed by atoms with Crippen LogP contribution in [0.2, 0.25) is 0 Å². The van der Waals surface area contributed by atoms with E-state index in [1.807, 2.05) is 0 Å². The fourth-order valence-electron chi connectivity index (χ4n) is 2.54. The zero-order valence-corrected chi connectivity index (χ0v) is 14.0. The fraction of sp³-hybridized carbons (Fsp3) is 0.222. The summed E-state index contributed by atoms with van der Waals surface area (Å²) in [7, 11) is 4.55. The molecular formula is C18H17NO6. The summed E-state index contributed by atoms with van der Waals surface area (Å²) in [5, 5.41) is 2.68. The number of ether oxygens (including phenoxy) is 4. The molecule has 130 valence electrons. The van der Waals surface area contributed by atoms with Crippen LogP contribution in [0.3, 0.4) is 0 Å². The largest absolute Gasteiger partial charge is 0.497 e. The average molecular weight is 343 g/mol. The third-order valence-electron chi connectivity index (χ3n) is 3.79. The van der Waals surface area contributed by atoms with Crippen molar-refractivity contribution in [3.63, 3.8) is 0 Å². The Balaban J connectivity index is 2.07. The first kappa shape index (κ1) is 16.6. The second-order valence-corrected chi connectivity index (χ2v) is 5.32. The van der Waals surface area contributed by atoms with Crippen LogP contribution in [-0.2, 0) is 4.79 Å². The molecule has 25 heavy (non-hydrogen) atoms. The lowest BCUT2D eigenvalue weighted by atomic mass is 10.0. The van der Waals surface area contributed by atoms with Gasteiger partial charge in [-0.05, 0) is 18.2 Å². The van der Waals surface area contributed by atoms with Gasteiger partial charge in [0.2, 0.25) is 5.91 Å². The maximum atomic E-state index is 12.2. The number of nitrogens with one attached hydrogen (secondary N) is 1. The molecule has 0 aromatic heterocycles. The van der Waals surface area contributed by atoms with Gasteiger partial charge in [-0.25, -0.2) is 0 Å². The lowest BCUT2D eigenvalue weighted by Gasteiger charge is -2.21. The van der Waals surface area contributed by atoms with Gasteiger partial charge in [0.15, 0.2) is 23.0 Å². The molecule has 1 N–H and O–H groups in total. The van der Waals surface area contributed by atoms with Crippen LogP contribution < -0.4 is 24.3 Å². The lowest BCUT2D eigenvalue weighted by molar-refractivity contribution is -0.115. The molecular weight excluding hydrogens is 326 g/mol. The Kier molecular flexibility index (Phi) is 4.47. The number of anilines is 1. The number of methoxy groups -OCH3 is 3. The minimum absolute atomic E-state index is 0.203. The third kappa shape index (κ3) is 3.21. The highest BCUT2D eigenvalue weighted by Gasteiger charge is 2.27. The number of amides is 1. The Morgan fingerprint density at radius 3 is 2.24 bits per heavy atom. The van der Waals surface area contributed by atoms with Gasteiger partial charge in [-0.2, -0.15) is 0 Å². The monoisotopic (exact) mass is 343 g/mol. The van der Waals surface area contributed by atoms with Gasteiger partial charge in [-0.3, -0.25) is 9.59 Å². The van der Waals surface area contributed by atoms with Gasteiger partial charge in [0.25, 0.3) is 0 Å². The van der Waals surface area contributed by atoms with Crippen LogP contribution in [0.25, 0.3) is 0 Å². The second kappa shape index (κ2) is 6.72. The van der Waals surface area contributed by atoms with Gasteiger partial charge in [0.05, 0.1) is 33.4 Å². The molecule has 7 heteroatoms. The van der Waals surface area contributed by atoms with E-state index in [4.69, 9.17) is 18.9 Å². The van der Waals surface area contributed by atoms with Crippen LogP contribution in [0.15, 0.2) is 30.3 Å². The van der Waals surface area contributed by atoms with Crippen molar-refractivity contribution in [3.8, 4) is 28.7 Å². The highest BCUT2D eigenvalue weighted by atomic mass is 16.5. The molecule has 7 nitrogen and oxygen atoms in total. The molecule has 1 heterocycles. The van der Waals surface area contributed by atoms with E-state index in [0.29, 0.717) is 40.0 Å². The van der Waals surface area contributed by atoms with Crippen LogP contribution in [0.1, 0.15) is 16.8 Å². The van der Waals surface area contributed by atoms with Crippen LogP contribution >= 0.6 is 0 Å². The summed E-state index contributed by atoms with van der Waals surface area (Å²) in [6, 6.07) is 8.24. The number of hydrogen-bond acceptors (Lipinski definition) is 6. The Hall–Kier alpha value is -3.22. The van der Waals surface area contributed by atoms with E-state index in [1.165, 1.54) is 14.2 Å². The third-order valence-corrected chi connectivity index (χ3v) is 3.79. The van der Waals surface area contributed by atoms with E-state index in [2.05, 4.69) is 5.32 Å². The average Bonchev–Trinajstić information content (AvgIpc) is 2.62. The van der Waals surface area contributed by atoms with Gasteiger partial charge in [-0.1, -0.05) is 0 Å². The van der Waals surface area contributed by atoms with Crippen molar-refractivity contribution in [2.45, 2.75) is 6.42 Å². The molecule has 0 spiro atoms. The Morgan fingerprint density at radius 2 is 1.56 bits per heavy atom. The van der Waals surface area contributed by atoms with E-state index in [9.17, 15) is 9.59 Å². The number of ketones is 1. The predicted molar refractivity (Wildman–Crippen MR) is 90.2 cm³/mol. The molecule has 0 atom stereocenters. The Morgan fingerprint density at radius 1 is 0.840 bits per heavy atom. The highest BCUT2D eigenvalue weighted by molar-refractivity contribution is 6.19. The van der Waals surface area contributed by atoms with Crippen molar-refractivity contribution >= 4 is 17.4 Å². The van der Waals surface area contributed by atoms with Crippen molar-refractivity contribution in [3.05, 3.63) is 35.9 Å². The lowest BCUT2D eigenvalue weighted by Crippen LogP contribution is -2.24. The first-order valence-corrected chi connectivity index (χ1v) is 7.50. The van der Waals surface area contributed by atoms with E-state index >= 15 is 0 Å². The first-order chi connectivity index (χ1) is 12.0. The van der Waals surface area contributed by atoms with Crippen molar-refractivity contribution < 1.29 is 28.5 Å². The first-order valence-electron chi connectivity index (χ1n) is 7.50. The molecule has 2 aromatic rings. The summed E-state index contributed by atoms with van der Waals surface area (Å²) < 4.78 is 21.6. The zero-order chi connectivity index (χ0) is 18.0. The molecule has 0 radical (unpaired) electrons. The molecule has 2 aromatic carbocycles. The summed E-state index contributed by atoms with van der Waals surface area (Å²) in [4.78, 5) is 23.9. The molecule has 0 aliphatic carbocycles. The minimum Gasteiger partial charge on any atom is -0.497 e.